The number of hydrogen-bond acceptors (Lipinski definition) is 42. The van der Waals surface area contributed by atoms with E-state index in [0.717, 1.165) is 36.4 Å². The first kappa shape index (κ1) is 98.6. The van der Waals surface area contributed by atoms with E-state index in [2.05, 4.69) is 44.9 Å². The quantitative estimate of drug-likeness (QED) is 0.0917. The zero-order chi connectivity index (χ0) is 88.2. The minimum atomic E-state index is -6.10. The largest absolute Gasteiger partial charge is 3.00 e. The molecule has 64 heteroatoms. The van der Waals surface area contributed by atoms with Gasteiger partial charge in [-0.2, -0.15) is 0 Å². The SMILES string of the molecule is O=S(=O)([O-])C1=Cc2cc3ccc(cc4nc(cc5[nH]c(c(S(=O)(=O)[O-])c1n2)c(S(=O)(=O)[O-])c5S(=O)(=O)[O-])C=C4)[nH]3.O=S(=O)([O-])C1=Cc2cc3ccc(cc4nc(cc5[nH]c(c(S(=O)(=O)[O-])c1n2)c(S(=O)(=O)[O-])c5S(=O)(=O)[O-])C=C4)[nH]3.O=S(=O)([O-])C1=Cc2cc3ccc(cc4nc(cc5[nH]c(c(S(=O)(=O)[O-])c1n2)c(S(=O)(=O)[O-])c5S(=O)(=O)[O-])C=C4)[nH]3.[Cr+3].[Cr+3].[Cr+3].[Cr+3]. The predicted molar refractivity (Wildman–Crippen MR) is 394 cm³/mol. The first-order valence-corrected chi connectivity index (χ1v) is 47.9. The first-order chi connectivity index (χ1) is 55.0. The van der Waals surface area contributed by atoms with Crippen LogP contribution < -0.4 is 0 Å². The molecule has 9 aromatic rings. The summed E-state index contributed by atoms with van der Waals surface area (Å²) in [5.74, 6) is 0. The van der Waals surface area contributed by atoms with E-state index < -0.39 is 247 Å². The molecule has 9 aromatic heterocycles. The third kappa shape index (κ3) is 20.7. The zero-order valence-electron chi connectivity index (χ0n) is 58.8. The Kier molecular flexibility index (Phi) is 27.0. The Bertz CT molecular complexity index is 7750. The number of aromatic amines is 6. The first-order valence-electron chi connectivity index (χ1n) is 31.0. The molecule has 642 valence electrons. The molecule has 48 nitrogen and oxygen atoms in total. The Morgan fingerprint density at radius 2 is 0.363 bits per heavy atom. The van der Waals surface area contributed by atoms with E-state index in [1.165, 1.54) is 72.9 Å². The van der Waals surface area contributed by atoms with E-state index in [0.29, 0.717) is 34.8 Å². The van der Waals surface area contributed by atoms with E-state index >= 15 is 0 Å². The molecular formula is C60H30Cr4N12O36S12. The van der Waals surface area contributed by atoms with E-state index in [4.69, 9.17) is 0 Å². The third-order valence-corrected chi connectivity index (χ3v) is 27.5. The van der Waals surface area contributed by atoms with Crippen LogP contribution in [0.25, 0.3) is 136 Å². The van der Waals surface area contributed by atoms with Crippen molar-refractivity contribution in [1.29, 1.82) is 0 Å². The fourth-order valence-electron chi connectivity index (χ4n) is 12.2. The van der Waals surface area contributed by atoms with E-state index in [9.17, 15) is 156 Å². The molecular weight excluding hydrogens is 2060 g/mol. The number of nitrogens with zero attached hydrogens (tertiary/aromatic N) is 6. The average Bonchev–Trinajstić information content (AvgIpc) is 1.55. The Balaban J connectivity index is 0.000000207. The summed E-state index contributed by atoms with van der Waals surface area (Å²) in [5, 5.41) is 0. The van der Waals surface area contributed by atoms with Gasteiger partial charge in [0.15, 0.2) is 0 Å². The molecule has 0 unspecified atom stereocenters. The molecule has 0 amide bonds. The van der Waals surface area contributed by atoms with Gasteiger partial charge in [0, 0.05) is 33.1 Å². The molecule has 0 fully saturated rings. The number of nitrogens with one attached hydrogen (secondary N) is 6. The van der Waals surface area contributed by atoms with Crippen molar-refractivity contribution >= 4 is 257 Å². The molecule has 0 atom stereocenters. The molecule has 0 aromatic carbocycles. The van der Waals surface area contributed by atoms with Gasteiger partial charge < -0.3 is 84.5 Å². The summed E-state index contributed by atoms with van der Waals surface area (Å²) in [6.07, 6.45) is 9.88. The van der Waals surface area contributed by atoms with E-state index in [-0.39, 0.29) is 120 Å². The molecule has 24 bridgehead atoms. The number of aromatic nitrogens is 12. The van der Waals surface area contributed by atoms with Gasteiger partial charge in [-0.05, 0) is 146 Å². The van der Waals surface area contributed by atoms with Crippen LogP contribution in [0.1, 0.15) is 68.3 Å². The van der Waals surface area contributed by atoms with Crippen LogP contribution in [-0.2, 0) is 191 Å². The van der Waals surface area contributed by atoms with Gasteiger partial charge in [-0.25, -0.2) is 131 Å². The second kappa shape index (κ2) is 33.9. The van der Waals surface area contributed by atoms with Crippen molar-refractivity contribution in [2.45, 2.75) is 44.1 Å². The normalized spacial score (nSPS) is 13.9. The van der Waals surface area contributed by atoms with Crippen LogP contribution in [0.3, 0.4) is 0 Å². The molecule has 6 N–H and O–H groups in total. The molecule has 15 heterocycles. The van der Waals surface area contributed by atoms with Crippen LogP contribution in [0.4, 0.5) is 0 Å². The summed E-state index contributed by atoms with van der Waals surface area (Å²) in [6, 6.07) is 19.3. The topological polar surface area (TPSA) is 858 Å². The summed E-state index contributed by atoms with van der Waals surface area (Å²) in [4.78, 5) is 16.8. The Morgan fingerprint density at radius 3 is 0.532 bits per heavy atom. The van der Waals surface area contributed by atoms with Crippen molar-refractivity contribution < 1.29 is 225 Å². The number of H-pyrrole nitrogens is 6. The van der Waals surface area contributed by atoms with E-state index in [1.807, 2.05) is 15.0 Å². The maximum Gasteiger partial charge on any atom is 3.00 e. The molecule has 6 aliphatic rings. The van der Waals surface area contributed by atoms with Crippen molar-refractivity contribution in [3.63, 3.8) is 0 Å². The van der Waals surface area contributed by atoms with E-state index in [1.54, 1.807) is 18.2 Å². The van der Waals surface area contributed by atoms with Crippen LogP contribution in [0.2, 0.25) is 0 Å². The van der Waals surface area contributed by atoms with Crippen molar-refractivity contribution in [2.75, 3.05) is 0 Å². The van der Waals surface area contributed by atoms with Gasteiger partial charge in [0.2, 0.25) is 0 Å². The molecule has 0 saturated carbocycles. The van der Waals surface area contributed by atoms with Gasteiger partial charge in [0.1, 0.15) is 153 Å². The Hall–Kier alpha value is -9.15. The van der Waals surface area contributed by atoms with Crippen LogP contribution in [0.15, 0.2) is 135 Å². The van der Waals surface area contributed by atoms with Gasteiger partial charge in [-0.1, -0.05) is 0 Å². The second-order valence-electron chi connectivity index (χ2n) is 24.6. The maximum absolute atomic E-state index is 12.4. The molecule has 6 aliphatic heterocycles. The van der Waals surface area contributed by atoms with Gasteiger partial charge in [-0.3, -0.25) is 0 Å². The van der Waals surface area contributed by atoms with Crippen molar-refractivity contribution in [1.82, 2.24) is 59.8 Å². The molecule has 0 aliphatic carbocycles. The third-order valence-electron chi connectivity index (χ3n) is 16.4. The number of rotatable bonds is 12. The second-order valence-corrected chi connectivity index (χ2v) is 40.5. The predicted octanol–water partition coefficient (Wildman–Crippen LogP) is 0.712. The monoisotopic (exact) mass is 2090 g/mol. The zero-order valence-corrected chi connectivity index (χ0v) is 73.7. The summed E-state index contributed by atoms with van der Waals surface area (Å²) in [7, 11) is -71.2. The number of hydrogen-bond donors (Lipinski definition) is 6. The van der Waals surface area contributed by atoms with Gasteiger partial charge in [-0.15, -0.1) is 0 Å². The van der Waals surface area contributed by atoms with Gasteiger partial charge in [0.05, 0.1) is 128 Å². The number of fused-ring (bicyclic) bond motifs is 24. The van der Waals surface area contributed by atoms with Crippen LogP contribution in [0.5, 0.6) is 0 Å². The molecule has 0 saturated heterocycles. The Labute approximate surface area is 738 Å². The van der Waals surface area contributed by atoms with Gasteiger partial charge >= 0.3 is 69.4 Å². The fraction of sp³-hybridized carbons (Fsp3) is 0. The summed E-state index contributed by atoms with van der Waals surface area (Å²) in [5.41, 5.74) is -10.7. The molecule has 0 spiro atoms. The van der Waals surface area contributed by atoms with Crippen molar-refractivity contribution in [2.24, 2.45) is 0 Å². The fourth-order valence-corrected chi connectivity index (χ4v) is 23.1. The van der Waals surface area contributed by atoms with Crippen LogP contribution in [0, 0.1) is 0 Å². The molecule has 4 radical (unpaired) electrons. The average molecular weight is 2090 g/mol. The molecule has 15 rings (SSSR count). The van der Waals surface area contributed by atoms with Gasteiger partial charge in [0.25, 0.3) is 0 Å². The minimum Gasteiger partial charge on any atom is -0.744 e. The maximum atomic E-state index is 12.4. The van der Waals surface area contributed by atoms with Crippen LogP contribution in [-0.4, -0.2) is 215 Å². The standard InChI is InChI=1S/3C20H14N4O12S4.4Cr/c3*25-37(26,27)15-8-13-6-11-2-1-9(21-11)5-10-3-4-12(22-10)7-14-18(38(28,29)30)20(40(34,35)36)17(24-14)19(16(15)23-13)39(31,32)33;;;;/h3*1-8,21,24H,(H,25,26,27)(H,28,29,30)(H,31,32,33)(H,34,35,36);;;;/q;;;4*+3/p-12. The minimum absolute atomic E-state index is 0. The van der Waals surface area contributed by atoms with Crippen LogP contribution >= 0.6 is 0 Å². The molecule has 124 heavy (non-hydrogen) atoms. The smallest absolute Gasteiger partial charge is 0.744 e. The summed E-state index contributed by atoms with van der Waals surface area (Å²) >= 11 is 0. The Morgan fingerprint density at radius 1 is 0.194 bits per heavy atom. The van der Waals surface area contributed by atoms with Crippen molar-refractivity contribution in [3.05, 3.63) is 159 Å². The summed E-state index contributed by atoms with van der Waals surface area (Å²) < 4.78 is 440. The summed E-state index contributed by atoms with van der Waals surface area (Å²) in [6.45, 7) is 0. The van der Waals surface area contributed by atoms with Crippen molar-refractivity contribution in [3.8, 4) is 0 Å².